The summed E-state index contributed by atoms with van der Waals surface area (Å²) >= 11 is 0. The molecule has 0 unspecified atom stereocenters. The van der Waals surface area contributed by atoms with Crippen LogP contribution in [0.15, 0.2) is 42.5 Å². The Morgan fingerprint density at radius 3 is 2.33 bits per heavy atom. The fourth-order valence-corrected chi connectivity index (χ4v) is 3.25. The van der Waals surface area contributed by atoms with E-state index in [9.17, 15) is 20.3 Å². The van der Waals surface area contributed by atoms with Crippen molar-refractivity contribution in [2.45, 2.75) is 12.2 Å². The van der Waals surface area contributed by atoms with Crippen molar-refractivity contribution in [3.8, 4) is 0 Å². The third-order valence-electron chi connectivity index (χ3n) is 4.20. The molecule has 0 radical (unpaired) electrons. The molecule has 1 aliphatic rings. The lowest BCUT2D eigenvalue weighted by molar-refractivity contribution is -0.383. The lowest BCUT2D eigenvalue weighted by Gasteiger charge is -2.27. The molecule has 0 spiro atoms. The largest absolute Gasteiger partial charge is 0.385 e. The molecule has 4 rings (SSSR count). The van der Waals surface area contributed by atoms with E-state index in [1.165, 1.54) is 12.1 Å². The lowest BCUT2D eigenvalue weighted by atomic mass is 9.82. The molecule has 2 atom stereocenters. The molecule has 0 saturated heterocycles. The molecule has 104 valence electrons. The van der Waals surface area contributed by atoms with E-state index in [0.29, 0.717) is 21.9 Å². The first-order chi connectivity index (χ1) is 10.1. The molecular weight excluding hydrogens is 270 g/mol. The summed E-state index contributed by atoms with van der Waals surface area (Å²) in [4.78, 5) is 10.8. The van der Waals surface area contributed by atoms with Gasteiger partial charge in [0.15, 0.2) is 0 Å². The Hall–Kier alpha value is -2.50. The van der Waals surface area contributed by atoms with Crippen molar-refractivity contribution in [2.75, 3.05) is 0 Å². The van der Waals surface area contributed by atoms with Crippen molar-refractivity contribution in [2.24, 2.45) is 0 Å². The topological polar surface area (TPSA) is 83.6 Å². The van der Waals surface area contributed by atoms with E-state index in [4.69, 9.17) is 0 Å². The van der Waals surface area contributed by atoms with E-state index in [1.807, 2.05) is 18.2 Å². The molecular formula is C16H11NO4. The van der Waals surface area contributed by atoms with Crippen molar-refractivity contribution < 1.29 is 15.1 Å². The number of nitro groups is 1. The summed E-state index contributed by atoms with van der Waals surface area (Å²) in [6, 6.07) is 11.9. The van der Waals surface area contributed by atoms with Crippen molar-refractivity contribution >= 4 is 27.2 Å². The Bertz CT molecular complexity index is 919. The second-order valence-corrected chi connectivity index (χ2v) is 5.25. The molecule has 0 fully saturated rings. The number of benzene rings is 3. The van der Waals surface area contributed by atoms with Gasteiger partial charge < -0.3 is 10.2 Å². The van der Waals surface area contributed by atoms with E-state index < -0.39 is 17.1 Å². The molecule has 0 saturated carbocycles. The molecule has 0 aliphatic heterocycles. The zero-order chi connectivity index (χ0) is 14.7. The number of aliphatic hydroxyl groups is 2. The number of rotatable bonds is 1. The Morgan fingerprint density at radius 1 is 0.905 bits per heavy atom. The Morgan fingerprint density at radius 2 is 1.62 bits per heavy atom. The van der Waals surface area contributed by atoms with Gasteiger partial charge in [0.05, 0.1) is 10.3 Å². The quantitative estimate of drug-likeness (QED) is 0.408. The summed E-state index contributed by atoms with van der Waals surface area (Å²) < 4.78 is 0. The summed E-state index contributed by atoms with van der Waals surface area (Å²) in [6.45, 7) is 0. The molecule has 5 nitrogen and oxygen atoms in total. The molecule has 3 aromatic rings. The fraction of sp³-hybridized carbons (Fsp3) is 0.125. The summed E-state index contributed by atoms with van der Waals surface area (Å²) in [5, 5.41) is 34.6. The lowest BCUT2D eigenvalue weighted by Crippen LogP contribution is -2.15. The minimum Gasteiger partial charge on any atom is -0.385 e. The smallest absolute Gasteiger partial charge is 0.277 e. The molecule has 0 bridgehead atoms. The SMILES string of the molecule is O=[N+]([O-])c1ccc2c3c1ccc1cccc(c13)[C@@H](O)[C@@H]2O. The Labute approximate surface area is 119 Å². The predicted octanol–water partition coefficient (Wildman–Crippen LogP) is 2.98. The normalized spacial score (nSPS) is 20.3. The number of nitro benzene ring substituents is 1. The van der Waals surface area contributed by atoms with Crippen LogP contribution in [0.4, 0.5) is 5.69 Å². The number of non-ortho nitro benzene ring substituents is 1. The van der Waals surface area contributed by atoms with Crippen LogP contribution in [0.5, 0.6) is 0 Å². The maximum Gasteiger partial charge on any atom is 0.277 e. The first-order valence-corrected chi connectivity index (χ1v) is 6.58. The first kappa shape index (κ1) is 12.3. The van der Waals surface area contributed by atoms with E-state index in [0.717, 1.165) is 10.8 Å². The molecule has 2 N–H and O–H groups in total. The number of nitrogens with zero attached hydrogens (tertiary/aromatic N) is 1. The highest BCUT2D eigenvalue weighted by Crippen LogP contribution is 2.46. The van der Waals surface area contributed by atoms with Gasteiger partial charge in [-0.15, -0.1) is 0 Å². The van der Waals surface area contributed by atoms with E-state index in [1.54, 1.807) is 12.1 Å². The first-order valence-electron chi connectivity index (χ1n) is 6.58. The highest BCUT2D eigenvalue weighted by Gasteiger charge is 2.31. The van der Waals surface area contributed by atoms with Crippen molar-refractivity contribution in [1.82, 2.24) is 0 Å². The molecule has 5 heteroatoms. The maximum atomic E-state index is 11.2. The van der Waals surface area contributed by atoms with E-state index >= 15 is 0 Å². The van der Waals surface area contributed by atoms with Gasteiger partial charge in [0.25, 0.3) is 5.69 Å². The van der Waals surface area contributed by atoms with Gasteiger partial charge in [-0.05, 0) is 34.0 Å². The molecule has 3 aromatic carbocycles. The standard InChI is InChI=1S/C16H11NO4/c18-15-10-3-1-2-8-4-5-9-12(17(20)21)7-6-11(16(15)19)14(9)13(8)10/h1-7,15-16,18-19H/t15-,16-/m1/s1. The summed E-state index contributed by atoms with van der Waals surface area (Å²) in [5.74, 6) is 0. The van der Waals surface area contributed by atoms with Crippen molar-refractivity contribution in [1.29, 1.82) is 0 Å². The summed E-state index contributed by atoms with van der Waals surface area (Å²) in [5.41, 5.74) is 1.15. The van der Waals surface area contributed by atoms with Gasteiger partial charge in [-0.3, -0.25) is 10.1 Å². The second kappa shape index (κ2) is 4.00. The summed E-state index contributed by atoms with van der Waals surface area (Å²) in [7, 11) is 0. The van der Waals surface area contributed by atoms with Crippen molar-refractivity contribution in [3.63, 3.8) is 0 Å². The van der Waals surface area contributed by atoms with Crippen LogP contribution >= 0.6 is 0 Å². The average molecular weight is 281 g/mol. The molecule has 21 heavy (non-hydrogen) atoms. The van der Waals surface area contributed by atoms with Gasteiger partial charge >= 0.3 is 0 Å². The third-order valence-corrected chi connectivity index (χ3v) is 4.20. The third kappa shape index (κ3) is 1.47. The predicted molar refractivity (Wildman–Crippen MR) is 78.0 cm³/mol. The Balaban J connectivity index is 2.31. The Kier molecular flexibility index (Phi) is 2.34. The monoisotopic (exact) mass is 281 g/mol. The molecule has 0 heterocycles. The van der Waals surface area contributed by atoms with Crippen LogP contribution in [0.3, 0.4) is 0 Å². The van der Waals surface area contributed by atoms with Crippen LogP contribution in [0.1, 0.15) is 23.3 Å². The summed E-state index contributed by atoms with van der Waals surface area (Å²) in [6.07, 6.45) is -2.10. The van der Waals surface area contributed by atoms with Gasteiger partial charge in [0, 0.05) is 11.5 Å². The van der Waals surface area contributed by atoms with Gasteiger partial charge in [-0.25, -0.2) is 0 Å². The second-order valence-electron chi connectivity index (χ2n) is 5.25. The number of aliphatic hydroxyl groups excluding tert-OH is 2. The fourth-order valence-electron chi connectivity index (χ4n) is 3.25. The molecule has 0 aromatic heterocycles. The van der Waals surface area contributed by atoms with Gasteiger partial charge in [-0.2, -0.15) is 0 Å². The molecule has 0 amide bonds. The zero-order valence-corrected chi connectivity index (χ0v) is 10.9. The maximum absolute atomic E-state index is 11.2. The van der Waals surface area contributed by atoms with Crippen LogP contribution < -0.4 is 0 Å². The molecule has 1 aliphatic carbocycles. The van der Waals surface area contributed by atoms with Crippen LogP contribution in [-0.4, -0.2) is 15.1 Å². The van der Waals surface area contributed by atoms with Crippen molar-refractivity contribution in [3.05, 3.63) is 63.7 Å². The van der Waals surface area contributed by atoms with E-state index in [2.05, 4.69) is 0 Å². The van der Waals surface area contributed by atoms with E-state index in [-0.39, 0.29) is 5.69 Å². The minimum absolute atomic E-state index is 0.00837. The zero-order valence-electron chi connectivity index (χ0n) is 10.9. The average Bonchev–Trinajstić information content (AvgIpc) is 2.50. The highest BCUT2D eigenvalue weighted by molar-refractivity contribution is 6.14. The highest BCUT2D eigenvalue weighted by atomic mass is 16.6. The van der Waals surface area contributed by atoms with Gasteiger partial charge in [-0.1, -0.05) is 24.3 Å². The van der Waals surface area contributed by atoms with Crippen LogP contribution in [-0.2, 0) is 0 Å². The minimum atomic E-state index is -1.08. The van der Waals surface area contributed by atoms with Crippen LogP contribution in [0.2, 0.25) is 0 Å². The van der Waals surface area contributed by atoms with Gasteiger partial charge in [0.1, 0.15) is 12.2 Å². The van der Waals surface area contributed by atoms with Crippen LogP contribution in [0.25, 0.3) is 21.5 Å². The number of hydrogen-bond donors (Lipinski definition) is 2. The number of hydrogen-bond acceptors (Lipinski definition) is 4. The van der Waals surface area contributed by atoms with Gasteiger partial charge in [0.2, 0.25) is 0 Å². The van der Waals surface area contributed by atoms with Crippen LogP contribution in [0, 0.1) is 10.1 Å².